The van der Waals surface area contributed by atoms with Gasteiger partial charge in [0.1, 0.15) is 0 Å². The molecule has 30 heavy (non-hydrogen) atoms. The van der Waals surface area contributed by atoms with Crippen LogP contribution in [0.5, 0.6) is 0 Å². The smallest absolute Gasteiger partial charge is 0.255 e. The van der Waals surface area contributed by atoms with Crippen molar-refractivity contribution < 1.29 is 13.2 Å². The molecular weight excluding hydrogens is 403 g/mol. The number of fused-ring (bicyclic) bond motifs is 2. The molecule has 0 aliphatic heterocycles. The van der Waals surface area contributed by atoms with Crippen molar-refractivity contribution in [2.75, 3.05) is 0 Å². The second kappa shape index (κ2) is 7.26. The number of aromatic nitrogens is 1. The molecule has 2 heterocycles. The summed E-state index contributed by atoms with van der Waals surface area (Å²) in [6.07, 6.45) is -2.24. The Morgan fingerprint density at radius 3 is 2.37 bits per heavy atom. The standard InChI is InChI=1S/C25H16F3NS/c26-25(27,28)21-11-6-10-20-23(16-7-2-1-3-8-16)18(15-29-24(20)21)14-19-13-17-9-4-5-12-22(17)30-19/h1-13,15H,14H2. The molecule has 0 saturated carbocycles. The predicted molar refractivity (Wildman–Crippen MR) is 117 cm³/mol. The van der Waals surface area contributed by atoms with Crippen molar-refractivity contribution in [1.82, 2.24) is 4.98 Å². The number of alkyl halides is 3. The van der Waals surface area contributed by atoms with Crippen molar-refractivity contribution in [1.29, 1.82) is 0 Å². The molecule has 0 unspecified atom stereocenters. The number of hydrogen-bond donors (Lipinski definition) is 0. The van der Waals surface area contributed by atoms with Crippen LogP contribution in [0.15, 0.2) is 85.1 Å². The van der Waals surface area contributed by atoms with Crippen LogP contribution >= 0.6 is 11.3 Å². The van der Waals surface area contributed by atoms with E-state index < -0.39 is 11.7 Å². The summed E-state index contributed by atoms with van der Waals surface area (Å²) in [6.45, 7) is 0. The Kier molecular flexibility index (Phi) is 4.55. The third-order valence-electron chi connectivity index (χ3n) is 5.19. The van der Waals surface area contributed by atoms with Crippen molar-refractivity contribution in [2.24, 2.45) is 0 Å². The molecule has 1 nitrogen and oxygen atoms in total. The van der Waals surface area contributed by atoms with E-state index in [2.05, 4.69) is 23.2 Å². The van der Waals surface area contributed by atoms with Crippen LogP contribution in [0.1, 0.15) is 16.0 Å². The molecule has 0 fully saturated rings. The lowest BCUT2D eigenvalue weighted by molar-refractivity contribution is -0.136. The Labute approximate surface area is 175 Å². The molecule has 0 radical (unpaired) electrons. The number of rotatable bonds is 3. The molecule has 5 rings (SSSR count). The number of nitrogens with zero attached hydrogens (tertiary/aromatic N) is 1. The Balaban J connectivity index is 1.73. The van der Waals surface area contributed by atoms with Crippen LogP contribution in [0.25, 0.3) is 32.1 Å². The van der Waals surface area contributed by atoms with E-state index in [1.807, 2.05) is 42.5 Å². The lowest BCUT2D eigenvalue weighted by atomic mass is 9.93. The molecule has 0 atom stereocenters. The molecule has 0 N–H and O–H groups in total. The second-order valence-electron chi connectivity index (χ2n) is 7.15. The Bertz CT molecular complexity index is 1320. The van der Waals surface area contributed by atoms with Crippen molar-refractivity contribution in [2.45, 2.75) is 12.6 Å². The molecule has 5 heteroatoms. The van der Waals surface area contributed by atoms with Crippen LogP contribution in [0.4, 0.5) is 13.2 Å². The van der Waals surface area contributed by atoms with E-state index in [9.17, 15) is 13.2 Å². The number of halogens is 3. The zero-order valence-electron chi connectivity index (χ0n) is 15.8. The highest BCUT2D eigenvalue weighted by Gasteiger charge is 2.33. The second-order valence-corrected chi connectivity index (χ2v) is 8.32. The highest BCUT2D eigenvalue weighted by molar-refractivity contribution is 7.19. The summed E-state index contributed by atoms with van der Waals surface area (Å²) in [5.41, 5.74) is 1.90. The first kappa shape index (κ1) is 18.8. The van der Waals surface area contributed by atoms with Gasteiger partial charge in [0.2, 0.25) is 0 Å². The minimum absolute atomic E-state index is 0.0102. The van der Waals surface area contributed by atoms with Gasteiger partial charge in [-0.05, 0) is 40.3 Å². The Morgan fingerprint density at radius 2 is 1.60 bits per heavy atom. The lowest BCUT2D eigenvalue weighted by Gasteiger charge is -2.16. The maximum atomic E-state index is 13.6. The van der Waals surface area contributed by atoms with E-state index in [0.717, 1.165) is 27.6 Å². The Morgan fingerprint density at radius 1 is 0.833 bits per heavy atom. The number of benzene rings is 3. The first-order chi connectivity index (χ1) is 14.5. The van der Waals surface area contributed by atoms with Crippen molar-refractivity contribution >= 4 is 32.3 Å². The molecule has 5 aromatic rings. The summed E-state index contributed by atoms with van der Waals surface area (Å²) in [6, 6.07) is 24.2. The molecule has 148 valence electrons. The van der Waals surface area contributed by atoms with Crippen LogP contribution < -0.4 is 0 Å². The van der Waals surface area contributed by atoms with Gasteiger partial charge in [-0.25, -0.2) is 0 Å². The van der Waals surface area contributed by atoms with E-state index in [1.165, 1.54) is 16.2 Å². The van der Waals surface area contributed by atoms with E-state index in [4.69, 9.17) is 0 Å². The van der Waals surface area contributed by atoms with Gasteiger partial charge >= 0.3 is 6.18 Å². The number of hydrogen-bond acceptors (Lipinski definition) is 2. The van der Waals surface area contributed by atoms with Crippen molar-refractivity contribution in [3.63, 3.8) is 0 Å². The number of pyridine rings is 1. The SMILES string of the molecule is FC(F)(F)c1cccc2c(-c3ccccc3)c(Cc3cc4ccccc4s3)cnc12. The average Bonchev–Trinajstić information content (AvgIpc) is 3.15. The average molecular weight is 419 g/mol. The summed E-state index contributed by atoms with van der Waals surface area (Å²) in [4.78, 5) is 5.42. The number of thiophene rings is 1. The van der Waals surface area contributed by atoms with Gasteiger partial charge in [-0.1, -0.05) is 60.7 Å². The van der Waals surface area contributed by atoms with Gasteiger partial charge in [0.25, 0.3) is 0 Å². The van der Waals surface area contributed by atoms with Gasteiger partial charge in [-0.3, -0.25) is 4.98 Å². The van der Waals surface area contributed by atoms with Gasteiger partial charge < -0.3 is 0 Å². The summed E-state index contributed by atoms with van der Waals surface area (Å²) in [5.74, 6) is 0. The zero-order valence-corrected chi connectivity index (χ0v) is 16.6. The summed E-state index contributed by atoms with van der Waals surface area (Å²) in [5, 5.41) is 1.70. The summed E-state index contributed by atoms with van der Waals surface area (Å²) in [7, 11) is 0. The molecule has 0 bridgehead atoms. The monoisotopic (exact) mass is 419 g/mol. The maximum absolute atomic E-state index is 13.6. The topological polar surface area (TPSA) is 12.9 Å². The van der Waals surface area contributed by atoms with E-state index >= 15 is 0 Å². The molecule has 3 aromatic carbocycles. The molecule has 0 aliphatic carbocycles. The fraction of sp³-hybridized carbons (Fsp3) is 0.0800. The maximum Gasteiger partial charge on any atom is 0.418 e. The molecule has 0 aliphatic rings. The highest BCUT2D eigenvalue weighted by atomic mass is 32.1. The fourth-order valence-corrected chi connectivity index (χ4v) is 4.97. The van der Waals surface area contributed by atoms with Crippen LogP contribution in [-0.2, 0) is 12.6 Å². The van der Waals surface area contributed by atoms with Gasteiger partial charge in [0.15, 0.2) is 0 Å². The molecule has 0 saturated heterocycles. The van der Waals surface area contributed by atoms with Crippen molar-refractivity contribution in [3.8, 4) is 11.1 Å². The summed E-state index contributed by atoms with van der Waals surface area (Å²) >= 11 is 1.70. The van der Waals surface area contributed by atoms with Gasteiger partial charge in [-0.2, -0.15) is 13.2 Å². The third kappa shape index (κ3) is 3.35. The molecular formula is C25H16F3NS. The van der Waals surface area contributed by atoms with E-state index in [-0.39, 0.29) is 5.52 Å². The largest absolute Gasteiger partial charge is 0.418 e. The third-order valence-corrected chi connectivity index (χ3v) is 6.30. The normalized spacial score (nSPS) is 12.0. The molecule has 0 spiro atoms. The number of para-hydroxylation sites is 1. The summed E-state index contributed by atoms with van der Waals surface area (Å²) < 4.78 is 41.9. The first-order valence-electron chi connectivity index (χ1n) is 9.51. The van der Waals surface area contributed by atoms with Crippen LogP contribution in [-0.4, -0.2) is 4.98 Å². The predicted octanol–water partition coefficient (Wildman–Crippen LogP) is 7.73. The van der Waals surface area contributed by atoms with Crippen molar-refractivity contribution in [3.05, 3.63) is 101 Å². The molecule has 2 aromatic heterocycles. The lowest BCUT2D eigenvalue weighted by Crippen LogP contribution is -2.07. The van der Waals surface area contributed by atoms with E-state index in [0.29, 0.717) is 11.8 Å². The molecule has 0 amide bonds. The van der Waals surface area contributed by atoms with Gasteiger partial charge in [-0.15, -0.1) is 11.3 Å². The van der Waals surface area contributed by atoms with Crippen LogP contribution in [0.3, 0.4) is 0 Å². The minimum Gasteiger partial charge on any atom is -0.255 e. The van der Waals surface area contributed by atoms with Crippen LogP contribution in [0, 0.1) is 0 Å². The van der Waals surface area contributed by atoms with Crippen LogP contribution in [0.2, 0.25) is 0 Å². The van der Waals surface area contributed by atoms with Gasteiger partial charge in [0, 0.05) is 27.6 Å². The van der Waals surface area contributed by atoms with Gasteiger partial charge in [0.05, 0.1) is 11.1 Å². The quantitative estimate of drug-likeness (QED) is 0.292. The minimum atomic E-state index is -4.45. The zero-order chi connectivity index (χ0) is 20.7. The highest BCUT2D eigenvalue weighted by Crippen LogP contribution is 2.39. The fourth-order valence-electron chi connectivity index (χ4n) is 3.88. The van der Waals surface area contributed by atoms with E-state index in [1.54, 1.807) is 23.6 Å². The first-order valence-corrected chi connectivity index (χ1v) is 10.3. The Hall–Kier alpha value is -3.18.